The monoisotopic (exact) mass is 300 g/mol. The van der Waals surface area contributed by atoms with Crippen LogP contribution in [0, 0.1) is 5.92 Å². The van der Waals surface area contributed by atoms with Crippen LogP contribution in [-0.2, 0) is 6.42 Å². The highest BCUT2D eigenvalue weighted by atomic mass is 79.9. The molecular formula is C14H18BrCl. The molecule has 2 rings (SSSR count). The van der Waals surface area contributed by atoms with Gasteiger partial charge in [-0.15, -0.1) is 11.6 Å². The zero-order valence-corrected chi connectivity index (χ0v) is 11.8. The molecule has 0 saturated heterocycles. The highest BCUT2D eigenvalue weighted by molar-refractivity contribution is 9.10. The topological polar surface area (TPSA) is 0 Å². The van der Waals surface area contributed by atoms with Gasteiger partial charge in [0.2, 0.25) is 0 Å². The standard InChI is InChI=1S/C14H18BrCl/c15-13-7-3-4-11(10-13)8-9-14(16)12-5-1-2-6-12/h3-4,7,10,12,14H,1-2,5-6,8-9H2. The lowest BCUT2D eigenvalue weighted by atomic mass is 9.98. The van der Waals surface area contributed by atoms with Crippen LogP contribution in [-0.4, -0.2) is 5.38 Å². The van der Waals surface area contributed by atoms with Crippen LogP contribution in [0.15, 0.2) is 28.7 Å². The van der Waals surface area contributed by atoms with Gasteiger partial charge < -0.3 is 0 Å². The second-order valence-corrected chi connectivity index (χ2v) is 6.21. The molecule has 1 aromatic carbocycles. The third-order valence-corrected chi connectivity index (χ3v) is 4.58. The summed E-state index contributed by atoms with van der Waals surface area (Å²) in [6, 6.07) is 8.54. The lowest BCUT2D eigenvalue weighted by Crippen LogP contribution is -2.12. The Labute approximate surface area is 112 Å². The Hall–Kier alpha value is -0.0100. The van der Waals surface area contributed by atoms with Crippen molar-refractivity contribution >= 4 is 27.5 Å². The summed E-state index contributed by atoms with van der Waals surface area (Å²) in [7, 11) is 0. The summed E-state index contributed by atoms with van der Waals surface area (Å²) in [5.74, 6) is 0.772. The smallest absolute Gasteiger partial charge is 0.0367 e. The van der Waals surface area contributed by atoms with E-state index in [4.69, 9.17) is 11.6 Å². The number of rotatable bonds is 4. The van der Waals surface area contributed by atoms with E-state index in [1.165, 1.54) is 31.2 Å². The van der Waals surface area contributed by atoms with Gasteiger partial charge in [-0.2, -0.15) is 0 Å². The van der Waals surface area contributed by atoms with Crippen molar-refractivity contribution < 1.29 is 0 Å². The van der Waals surface area contributed by atoms with Gasteiger partial charge in [-0.1, -0.05) is 40.9 Å². The molecule has 0 bridgehead atoms. The highest BCUT2D eigenvalue weighted by Crippen LogP contribution is 2.32. The summed E-state index contributed by atoms with van der Waals surface area (Å²) in [6.07, 6.45) is 7.65. The van der Waals surface area contributed by atoms with E-state index in [2.05, 4.69) is 40.2 Å². The van der Waals surface area contributed by atoms with Crippen LogP contribution in [0.2, 0.25) is 0 Å². The number of alkyl halides is 1. The van der Waals surface area contributed by atoms with Crippen LogP contribution in [0.4, 0.5) is 0 Å². The van der Waals surface area contributed by atoms with Gasteiger partial charge >= 0.3 is 0 Å². The SMILES string of the molecule is ClC(CCc1cccc(Br)c1)C1CCCC1. The fourth-order valence-corrected chi connectivity index (χ4v) is 3.36. The Morgan fingerprint density at radius 2 is 2.06 bits per heavy atom. The van der Waals surface area contributed by atoms with Gasteiger partial charge in [0, 0.05) is 9.85 Å². The van der Waals surface area contributed by atoms with E-state index in [1.807, 2.05) is 0 Å². The number of benzene rings is 1. The molecule has 88 valence electrons. The van der Waals surface area contributed by atoms with E-state index in [1.54, 1.807) is 0 Å². The van der Waals surface area contributed by atoms with Crippen LogP contribution in [0.25, 0.3) is 0 Å². The van der Waals surface area contributed by atoms with Crippen molar-refractivity contribution in [1.29, 1.82) is 0 Å². The maximum atomic E-state index is 6.47. The minimum absolute atomic E-state index is 0.376. The number of hydrogen-bond donors (Lipinski definition) is 0. The van der Waals surface area contributed by atoms with E-state index < -0.39 is 0 Å². The molecule has 1 saturated carbocycles. The quantitative estimate of drug-likeness (QED) is 0.672. The number of halogens is 2. The van der Waals surface area contributed by atoms with Crippen LogP contribution >= 0.6 is 27.5 Å². The van der Waals surface area contributed by atoms with E-state index in [0.717, 1.165) is 23.2 Å². The van der Waals surface area contributed by atoms with Gasteiger partial charge in [-0.3, -0.25) is 0 Å². The fraction of sp³-hybridized carbons (Fsp3) is 0.571. The van der Waals surface area contributed by atoms with Crippen molar-refractivity contribution in [3.8, 4) is 0 Å². The molecule has 2 heteroatoms. The van der Waals surface area contributed by atoms with E-state index in [-0.39, 0.29) is 0 Å². The maximum Gasteiger partial charge on any atom is 0.0367 e. The summed E-state index contributed by atoms with van der Waals surface area (Å²) in [4.78, 5) is 0. The van der Waals surface area contributed by atoms with Gasteiger partial charge in [-0.25, -0.2) is 0 Å². The molecule has 0 aliphatic heterocycles. The first-order chi connectivity index (χ1) is 7.75. The fourth-order valence-electron chi connectivity index (χ4n) is 2.55. The first-order valence-corrected chi connectivity index (χ1v) is 7.37. The lowest BCUT2D eigenvalue weighted by Gasteiger charge is -2.16. The second-order valence-electron chi connectivity index (χ2n) is 4.73. The molecule has 0 aromatic heterocycles. The van der Waals surface area contributed by atoms with Crippen molar-refractivity contribution in [2.75, 3.05) is 0 Å². The molecule has 1 fully saturated rings. The molecule has 1 aliphatic rings. The summed E-state index contributed by atoms with van der Waals surface area (Å²) >= 11 is 9.97. The third kappa shape index (κ3) is 3.49. The van der Waals surface area contributed by atoms with Crippen LogP contribution < -0.4 is 0 Å². The molecule has 1 atom stereocenters. The van der Waals surface area contributed by atoms with Crippen LogP contribution in [0.1, 0.15) is 37.7 Å². The molecule has 1 unspecified atom stereocenters. The largest absolute Gasteiger partial charge is 0.123 e. The molecule has 0 spiro atoms. The Bertz CT molecular complexity index is 331. The van der Waals surface area contributed by atoms with Gasteiger partial charge in [0.05, 0.1) is 0 Å². The van der Waals surface area contributed by atoms with E-state index >= 15 is 0 Å². The van der Waals surface area contributed by atoms with E-state index in [0.29, 0.717) is 5.38 Å². The minimum atomic E-state index is 0.376. The molecule has 0 amide bonds. The first-order valence-electron chi connectivity index (χ1n) is 6.14. The molecular weight excluding hydrogens is 284 g/mol. The molecule has 0 radical (unpaired) electrons. The van der Waals surface area contributed by atoms with Crippen molar-refractivity contribution in [2.45, 2.75) is 43.9 Å². The maximum absolute atomic E-state index is 6.47. The predicted molar refractivity (Wildman–Crippen MR) is 74.1 cm³/mol. The summed E-state index contributed by atoms with van der Waals surface area (Å²) in [5.41, 5.74) is 1.39. The average molecular weight is 302 g/mol. The van der Waals surface area contributed by atoms with Gasteiger partial charge in [-0.05, 0) is 49.3 Å². The predicted octanol–water partition coefficient (Wildman–Crippen LogP) is 5.18. The molecule has 1 aliphatic carbocycles. The molecule has 0 N–H and O–H groups in total. The lowest BCUT2D eigenvalue weighted by molar-refractivity contribution is 0.492. The van der Waals surface area contributed by atoms with Gasteiger partial charge in [0.15, 0.2) is 0 Å². The third-order valence-electron chi connectivity index (χ3n) is 3.51. The number of hydrogen-bond acceptors (Lipinski definition) is 0. The second kappa shape index (κ2) is 6.07. The molecule has 0 nitrogen and oxygen atoms in total. The van der Waals surface area contributed by atoms with Crippen molar-refractivity contribution in [3.05, 3.63) is 34.3 Å². The van der Waals surface area contributed by atoms with Crippen LogP contribution in [0.5, 0.6) is 0 Å². The summed E-state index contributed by atoms with van der Waals surface area (Å²) in [5, 5.41) is 0.376. The number of aryl methyl sites for hydroxylation is 1. The van der Waals surface area contributed by atoms with Crippen molar-refractivity contribution in [1.82, 2.24) is 0 Å². The Morgan fingerprint density at radius 1 is 1.31 bits per heavy atom. The minimum Gasteiger partial charge on any atom is -0.123 e. The highest BCUT2D eigenvalue weighted by Gasteiger charge is 2.22. The van der Waals surface area contributed by atoms with Crippen molar-refractivity contribution in [3.63, 3.8) is 0 Å². The Kier molecular flexibility index (Phi) is 4.72. The summed E-state index contributed by atoms with van der Waals surface area (Å²) in [6.45, 7) is 0. The molecule has 16 heavy (non-hydrogen) atoms. The Morgan fingerprint density at radius 3 is 2.75 bits per heavy atom. The molecule has 1 aromatic rings. The van der Waals surface area contributed by atoms with E-state index in [9.17, 15) is 0 Å². The van der Waals surface area contributed by atoms with Crippen LogP contribution in [0.3, 0.4) is 0 Å². The normalized spacial score (nSPS) is 18.9. The molecule has 0 heterocycles. The Balaban J connectivity index is 1.82. The summed E-state index contributed by atoms with van der Waals surface area (Å²) < 4.78 is 1.16. The van der Waals surface area contributed by atoms with Gasteiger partial charge in [0.25, 0.3) is 0 Å². The average Bonchev–Trinajstić information content (AvgIpc) is 2.79. The first kappa shape index (κ1) is 12.4. The zero-order valence-electron chi connectivity index (χ0n) is 9.46. The van der Waals surface area contributed by atoms with Crippen molar-refractivity contribution in [2.24, 2.45) is 5.92 Å². The van der Waals surface area contributed by atoms with Gasteiger partial charge in [0.1, 0.15) is 0 Å². The zero-order chi connectivity index (χ0) is 11.4.